The van der Waals surface area contributed by atoms with Gasteiger partial charge in [-0.05, 0) is 24.7 Å². The van der Waals surface area contributed by atoms with Crippen LogP contribution >= 0.6 is 0 Å². The van der Waals surface area contributed by atoms with Gasteiger partial charge < -0.3 is 15.0 Å². The number of nitrogens with one attached hydrogen (secondary N) is 1. The summed E-state index contributed by atoms with van der Waals surface area (Å²) in [5.41, 5.74) is -3.29. The second-order valence-electron chi connectivity index (χ2n) is 6.78. The molecule has 1 atom stereocenters. The number of carbonyl (C=O) groups is 1. The zero-order chi connectivity index (χ0) is 18.0. The predicted molar refractivity (Wildman–Crippen MR) is 82.0 cm³/mol. The van der Waals surface area contributed by atoms with Crippen molar-refractivity contribution in [2.75, 3.05) is 6.54 Å². The molecule has 1 aliphatic rings. The predicted octanol–water partition coefficient (Wildman–Crippen LogP) is 2.65. The van der Waals surface area contributed by atoms with E-state index in [-0.39, 0.29) is 5.41 Å². The van der Waals surface area contributed by atoms with Crippen LogP contribution in [0.5, 0.6) is 0 Å². The van der Waals surface area contributed by atoms with E-state index in [1.807, 2.05) is 6.92 Å². The third-order valence-electron chi connectivity index (χ3n) is 4.93. The van der Waals surface area contributed by atoms with E-state index in [4.69, 9.17) is 0 Å². The van der Waals surface area contributed by atoms with E-state index in [2.05, 4.69) is 10.3 Å². The van der Waals surface area contributed by atoms with Crippen molar-refractivity contribution in [2.24, 2.45) is 12.5 Å². The van der Waals surface area contributed by atoms with Crippen molar-refractivity contribution >= 4 is 5.91 Å². The van der Waals surface area contributed by atoms with Crippen LogP contribution in [0.15, 0.2) is 12.4 Å². The van der Waals surface area contributed by atoms with Crippen molar-refractivity contribution in [1.82, 2.24) is 14.9 Å². The molecule has 1 aromatic rings. The van der Waals surface area contributed by atoms with Gasteiger partial charge in [-0.25, -0.2) is 4.98 Å². The van der Waals surface area contributed by atoms with Gasteiger partial charge in [-0.2, -0.15) is 13.2 Å². The summed E-state index contributed by atoms with van der Waals surface area (Å²) in [6, 6.07) is 0. The van der Waals surface area contributed by atoms with E-state index < -0.39 is 29.9 Å². The first-order valence-electron chi connectivity index (χ1n) is 8.17. The number of amides is 1. The lowest BCUT2D eigenvalue weighted by Crippen LogP contribution is -2.49. The molecule has 136 valence electrons. The Kier molecular flexibility index (Phi) is 5.27. The van der Waals surface area contributed by atoms with E-state index in [9.17, 15) is 23.1 Å². The number of carbonyl (C=O) groups excluding carboxylic acids is 1. The van der Waals surface area contributed by atoms with Gasteiger partial charge in [-0.1, -0.05) is 19.8 Å². The van der Waals surface area contributed by atoms with Crippen molar-refractivity contribution in [2.45, 2.75) is 57.2 Å². The highest BCUT2D eigenvalue weighted by Gasteiger charge is 2.58. The number of hydrogen-bond donors (Lipinski definition) is 2. The van der Waals surface area contributed by atoms with Gasteiger partial charge in [-0.3, -0.25) is 4.79 Å². The molecule has 8 heteroatoms. The van der Waals surface area contributed by atoms with Gasteiger partial charge in [0.25, 0.3) is 0 Å². The molecule has 0 radical (unpaired) electrons. The first kappa shape index (κ1) is 18.8. The summed E-state index contributed by atoms with van der Waals surface area (Å²) in [6.45, 7) is 2.40. The second kappa shape index (κ2) is 6.74. The zero-order valence-electron chi connectivity index (χ0n) is 14.0. The number of aryl methyl sites for hydroxylation is 1. The van der Waals surface area contributed by atoms with Gasteiger partial charge in [0.15, 0.2) is 5.82 Å². The summed E-state index contributed by atoms with van der Waals surface area (Å²) in [5.74, 6) is -1.41. The summed E-state index contributed by atoms with van der Waals surface area (Å²) in [7, 11) is 1.35. The fraction of sp³-hybridized carbons (Fsp3) is 0.750. The lowest BCUT2D eigenvalue weighted by Gasteiger charge is -2.42. The standard InChI is InChI=1S/C16H24F3N3O2/c1-3-5-14(6-4-7-14)11-21-12(23)10-15(24,16(17,18)19)13-20-8-9-22(13)2/h8-9,24H,3-7,10-11H2,1-2H3,(H,21,23). The smallest absolute Gasteiger partial charge is 0.374 e. The van der Waals surface area contributed by atoms with Crippen LogP contribution in [0, 0.1) is 5.41 Å². The molecule has 0 bridgehead atoms. The van der Waals surface area contributed by atoms with Gasteiger partial charge in [0, 0.05) is 26.0 Å². The Morgan fingerprint density at radius 1 is 1.46 bits per heavy atom. The molecule has 0 spiro atoms. The molecule has 5 nitrogen and oxygen atoms in total. The molecule has 0 aromatic carbocycles. The molecule has 24 heavy (non-hydrogen) atoms. The number of aliphatic hydroxyl groups is 1. The Balaban J connectivity index is 2.07. The maximum absolute atomic E-state index is 13.4. The van der Waals surface area contributed by atoms with E-state index in [0.29, 0.717) is 6.54 Å². The topological polar surface area (TPSA) is 67.2 Å². The van der Waals surface area contributed by atoms with Gasteiger partial charge in [0.2, 0.25) is 11.5 Å². The fourth-order valence-corrected chi connectivity index (χ4v) is 3.37. The molecule has 2 N–H and O–H groups in total. The van der Waals surface area contributed by atoms with Crippen molar-refractivity contribution in [3.05, 3.63) is 18.2 Å². The summed E-state index contributed by atoms with van der Waals surface area (Å²) in [5, 5.41) is 12.8. The highest BCUT2D eigenvalue weighted by molar-refractivity contribution is 5.77. The largest absolute Gasteiger partial charge is 0.425 e. The van der Waals surface area contributed by atoms with Crippen molar-refractivity contribution in [3.8, 4) is 0 Å². The van der Waals surface area contributed by atoms with Crippen LogP contribution in [-0.2, 0) is 17.4 Å². The van der Waals surface area contributed by atoms with Crippen LogP contribution in [0.2, 0.25) is 0 Å². The maximum Gasteiger partial charge on any atom is 0.425 e. The minimum Gasteiger partial charge on any atom is -0.374 e. The van der Waals surface area contributed by atoms with Gasteiger partial charge in [0.1, 0.15) is 0 Å². The third kappa shape index (κ3) is 3.58. The van der Waals surface area contributed by atoms with E-state index in [1.54, 1.807) is 0 Å². The van der Waals surface area contributed by atoms with Crippen molar-refractivity contribution < 1.29 is 23.1 Å². The first-order chi connectivity index (χ1) is 11.1. The van der Waals surface area contributed by atoms with Gasteiger partial charge in [-0.15, -0.1) is 0 Å². The number of nitrogens with zero attached hydrogens (tertiary/aromatic N) is 2. The van der Waals surface area contributed by atoms with E-state index in [1.165, 1.54) is 13.2 Å². The lowest BCUT2D eigenvalue weighted by molar-refractivity contribution is -0.271. The van der Waals surface area contributed by atoms with Crippen LogP contribution in [0.25, 0.3) is 0 Å². The Labute approximate surface area is 139 Å². The fourth-order valence-electron chi connectivity index (χ4n) is 3.37. The number of imidazole rings is 1. The zero-order valence-corrected chi connectivity index (χ0v) is 14.0. The molecule has 0 saturated heterocycles. The molecule has 1 aliphatic carbocycles. The summed E-state index contributed by atoms with van der Waals surface area (Å²) < 4.78 is 41.3. The van der Waals surface area contributed by atoms with Crippen LogP contribution in [0.3, 0.4) is 0 Å². The van der Waals surface area contributed by atoms with Crippen LogP contribution < -0.4 is 5.32 Å². The highest BCUT2D eigenvalue weighted by Crippen LogP contribution is 2.44. The van der Waals surface area contributed by atoms with Gasteiger partial charge in [0.05, 0.1) is 6.42 Å². The number of hydrogen-bond acceptors (Lipinski definition) is 3. The summed E-state index contributed by atoms with van der Waals surface area (Å²) >= 11 is 0. The molecule has 2 rings (SSSR count). The van der Waals surface area contributed by atoms with Crippen molar-refractivity contribution in [3.63, 3.8) is 0 Å². The Bertz CT molecular complexity index is 581. The maximum atomic E-state index is 13.4. The average Bonchev–Trinajstić information content (AvgIpc) is 2.87. The molecule has 1 saturated carbocycles. The number of halogens is 3. The van der Waals surface area contributed by atoms with Gasteiger partial charge >= 0.3 is 6.18 Å². The number of aromatic nitrogens is 2. The Hall–Kier alpha value is -1.57. The monoisotopic (exact) mass is 347 g/mol. The third-order valence-corrected chi connectivity index (χ3v) is 4.93. The van der Waals surface area contributed by atoms with Crippen LogP contribution in [-0.4, -0.2) is 33.3 Å². The first-order valence-corrected chi connectivity index (χ1v) is 8.17. The van der Waals surface area contributed by atoms with Crippen LogP contribution in [0.1, 0.15) is 51.3 Å². The molecule has 0 aliphatic heterocycles. The Morgan fingerprint density at radius 3 is 2.54 bits per heavy atom. The molecule has 1 aromatic heterocycles. The quantitative estimate of drug-likeness (QED) is 0.797. The lowest BCUT2D eigenvalue weighted by atomic mass is 9.66. The minimum absolute atomic E-state index is 0.00395. The van der Waals surface area contributed by atoms with Crippen LogP contribution in [0.4, 0.5) is 13.2 Å². The second-order valence-corrected chi connectivity index (χ2v) is 6.78. The normalized spacial score (nSPS) is 19.4. The molecule has 1 heterocycles. The molecule has 1 fully saturated rings. The Morgan fingerprint density at radius 2 is 2.12 bits per heavy atom. The molecule has 1 amide bonds. The highest BCUT2D eigenvalue weighted by atomic mass is 19.4. The molecular weight excluding hydrogens is 323 g/mol. The summed E-state index contributed by atoms with van der Waals surface area (Å²) in [6.07, 6.45) is 1.31. The minimum atomic E-state index is -5.00. The molecular formula is C16H24F3N3O2. The van der Waals surface area contributed by atoms with E-state index >= 15 is 0 Å². The van der Waals surface area contributed by atoms with E-state index in [0.717, 1.165) is 42.9 Å². The molecule has 1 unspecified atom stereocenters. The van der Waals surface area contributed by atoms with Crippen molar-refractivity contribution in [1.29, 1.82) is 0 Å². The average molecular weight is 347 g/mol. The number of alkyl halides is 3. The summed E-state index contributed by atoms with van der Waals surface area (Å²) in [4.78, 5) is 15.7. The SMILES string of the molecule is CCCC1(CNC(=O)CC(O)(c2nccn2C)C(F)(F)F)CCC1. The number of rotatable bonds is 7.